The van der Waals surface area contributed by atoms with Crippen LogP contribution in [0.2, 0.25) is 0 Å². The molecule has 0 spiro atoms. The molecule has 1 aliphatic rings. The van der Waals surface area contributed by atoms with Crippen LogP contribution in [0.5, 0.6) is 0 Å². The van der Waals surface area contributed by atoms with Crippen molar-refractivity contribution in [1.29, 1.82) is 0 Å². The van der Waals surface area contributed by atoms with E-state index in [1.54, 1.807) is 0 Å². The molecular weight excluding hydrogens is 206 g/mol. The van der Waals surface area contributed by atoms with E-state index in [4.69, 9.17) is 10.6 Å². The lowest BCUT2D eigenvalue weighted by Gasteiger charge is -2.27. The van der Waals surface area contributed by atoms with Gasteiger partial charge in [-0.15, -0.1) is 0 Å². The molecule has 3 N–H and O–H groups in total. The number of aromatic nitrogens is 2. The van der Waals surface area contributed by atoms with Gasteiger partial charge >= 0.3 is 0 Å². The highest BCUT2D eigenvalue weighted by molar-refractivity contribution is 5.49. The molecule has 0 radical (unpaired) electrons. The average Bonchev–Trinajstić information content (AvgIpc) is 2.33. The van der Waals surface area contributed by atoms with E-state index in [1.165, 1.54) is 0 Å². The molecule has 2 heterocycles. The molecule has 16 heavy (non-hydrogen) atoms. The van der Waals surface area contributed by atoms with Crippen LogP contribution in [0.25, 0.3) is 0 Å². The second-order valence-corrected chi connectivity index (χ2v) is 3.83. The van der Waals surface area contributed by atoms with Crippen molar-refractivity contribution in [2.75, 3.05) is 36.6 Å². The molecule has 1 aromatic heterocycles. The van der Waals surface area contributed by atoms with Gasteiger partial charge in [0.05, 0.1) is 13.2 Å². The maximum absolute atomic E-state index is 5.43. The Morgan fingerprint density at radius 3 is 2.56 bits per heavy atom. The van der Waals surface area contributed by atoms with Crippen LogP contribution < -0.4 is 16.2 Å². The van der Waals surface area contributed by atoms with Crippen LogP contribution in [0.4, 0.5) is 11.8 Å². The zero-order chi connectivity index (χ0) is 11.5. The van der Waals surface area contributed by atoms with Gasteiger partial charge in [0.15, 0.2) is 0 Å². The van der Waals surface area contributed by atoms with Crippen molar-refractivity contribution in [3.05, 3.63) is 11.3 Å². The van der Waals surface area contributed by atoms with Gasteiger partial charge < -0.3 is 15.1 Å². The highest BCUT2D eigenvalue weighted by atomic mass is 16.5. The smallest absolute Gasteiger partial charge is 0.227 e. The number of anilines is 2. The number of rotatable bonds is 2. The number of hydrogen-bond donors (Lipinski definition) is 2. The molecule has 6 heteroatoms. The topological polar surface area (TPSA) is 76.3 Å². The maximum atomic E-state index is 5.43. The highest BCUT2D eigenvalue weighted by Crippen LogP contribution is 2.18. The molecule has 0 unspecified atom stereocenters. The van der Waals surface area contributed by atoms with E-state index < -0.39 is 0 Å². The quantitative estimate of drug-likeness (QED) is 0.551. The van der Waals surface area contributed by atoms with Gasteiger partial charge in [0.25, 0.3) is 0 Å². The maximum Gasteiger partial charge on any atom is 0.227 e. The summed E-state index contributed by atoms with van der Waals surface area (Å²) >= 11 is 0. The van der Waals surface area contributed by atoms with Gasteiger partial charge in [-0.2, -0.15) is 4.98 Å². The predicted molar refractivity (Wildman–Crippen MR) is 62.3 cm³/mol. The highest BCUT2D eigenvalue weighted by Gasteiger charge is 2.16. The van der Waals surface area contributed by atoms with Crippen molar-refractivity contribution in [2.24, 2.45) is 5.84 Å². The molecule has 1 fully saturated rings. The van der Waals surface area contributed by atoms with Gasteiger partial charge in [-0.25, -0.2) is 10.8 Å². The van der Waals surface area contributed by atoms with Crippen LogP contribution in [0.3, 0.4) is 0 Å². The monoisotopic (exact) mass is 223 g/mol. The summed E-state index contributed by atoms with van der Waals surface area (Å²) in [6.07, 6.45) is 0. The van der Waals surface area contributed by atoms with Crippen molar-refractivity contribution in [2.45, 2.75) is 13.8 Å². The number of morpholine rings is 1. The van der Waals surface area contributed by atoms with Crippen LogP contribution in [-0.4, -0.2) is 36.3 Å². The SMILES string of the molecule is Cc1nc(N2CCOCC2)nc(NN)c1C. The molecule has 0 saturated carbocycles. The molecular formula is C10H17N5O. The molecule has 0 bridgehead atoms. The van der Waals surface area contributed by atoms with Crippen molar-refractivity contribution in [3.63, 3.8) is 0 Å². The Kier molecular flexibility index (Phi) is 3.21. The Morgan fingerprint density at radius 1 is 1.25 bits per heavy atom. The number of nitrogen functional groups attached to an aromatic ring is 1. The first kappa shape index (κ1) is 11.1. The van der Waals surface area contributed by atoms with E-state index in [0.29, 0.717) is 5.82 Å². The normalized spacial score (nSPS) is 16.3. The van der Waals surface area contributed by atoms with Crippen LogP contribution >= 0.6 is 0 Å². The fourth-order valence-corrected chi connectivity index (χ4v) is 1.66. The summed E-state index contributed by atoms with van der Waals surface area (Å²) in [5, 5.41) is 0. The third-order valence-electron chi connectivity index (χ3n) is 2.81. The number of aryl methyl sites for hydroxylation is 1. The number of nitrogens with one attached hydrogen (secondary N) is 1. The minimum atomic E-state index is 0.689. The molecule has 0 aromatic carbocycles. The second kappa shape index (κ2) is 4.63. The number of nitrogens with zero attached hydrogens (tertiary/aromatic N) is 3. The van der Waals surface area contributed by atoms with Crippen molar-refractivity contribution in [1.82, 2.24) is 9.97 Å². The Bertz CT molecular complexity index is 376. The molecule has 1 saturated heterocycles. The summed E-state index contributed by atoms with van der Waals surface area (Å²) in [6.45, 7) is 7.01. The summed E-state index contributed by atoms with van der Waals surface area (Å²) in [5.74, 6) is 6.84. The Morgan fingerprint density at radius 2 is 1.94 bits per heavy atom. The first-order chi connectivity index (χ1) is 7.72. The standard InChI is InChI=1S/C10H17N5O/c1-7-8(2)12-10(13-9(7)14-11)15-3-5-16-6-4-15/h3-6,11H2,1-2H3,(H,12,13,14). The van der Waals surface area contributed by atoms with Gasteiger partial charge in [0.2, 0.25) is 5.95 Å². The molecule has 6 nitrogen and oxygen atoms in total. The number of ether oxygens (including phenoxy) is 1. The van der Waals surface area contributed by atoms with Gasteiger partial charge in [-0.1, -0.05) is 0 Å². The summed E-state index contributed by atoms with van der Waals surface area (Å²) < 4.78 is 5.29. The van der Waals surface area contributed by atoms with Crippen molar-refractivity contribution >= 4 is 11.8 Å². The molecule has 88 valence electrons. The molecule has 1 aromatic rings. The fraction of sp³-hybridized carbons (Fsp3) is 0.600. The van der Waals surface area contributed by atoms with Gasteiger partial charge in [-0.3, -0.25) is 0 Å². The number of hydrazine groups is 1. The Labute approximate surface area is 94.8 Å². The molecule has 0 aliphatic carbocycles. The van der Waals surface area contributed by atoms with Crippen LogP contribution in [0.15, 0.2) is 0 Å². The summed E-state index contributed by atoms with van der Waals surface area (Å²) in [7, 11) is 0. The van der Waals surface area contributed by atoms with Crippen LogP contribution in [0.1, 0.15) is 11.3 Å². The van der Waals surface area contributed by atoms with Gasteiger partial charge in [0, 0.05) is 24.3 Å². The fourth-order valence-electron chi connectivity index (χ4n) is 1.66. The average molecular weight is 223 g/mol. The third kappa shape index (κ3) is 2.07. The summed E-state index contributed by atoms with van der Waals surface area (Å²) in [5.41, 5.74) is 4.54. The lowest BCUT2D eigenvalue weighted by atomic mass is 10.2. The Hall–Kier alpha value is -1.40. The second-order valence-electron chi connectivity index (χ2n) is 3.83. The van der Waals surface area contributed by atoms with E-state index >= 15 is 0 Å². The zero-order valence-corrected chi connectivity index (χ0v) is 9.66. The third-order valence-corrected chi connectivity index (χ3v) is 2.81. The van der Waals surface area contributed by atoms with E-state index in [9.17, 15) is 0 Å². The summed E-state index contributed by atoms with van der Waals surface area (Å²) in [4.78, 5) is 11.0. The number of nitrogens with two attached hydrogens (primary N) is 1. The van der Waals surface area contributed by atoms with Crippen molar-refractivity contribution < 1.29 is 4.74 Å². The summed E-state index contributed by atoms with van der Waals surface area (Å²) in [6, 6.07) is 0. The van der Waals surface area contributed by atoms with E-state index in [0.717, 1.165) is 43.5 Å². The minimum absolute atomic E-state index is 0.689. The van der Waals surface area contributed by atoms with Gasteiger partial charge in [-0.05, 0) is 13.8 Å². The first-order valence-corrected chi connectivity index (χ1v) is 5.37. The van der Waals surface area contributed by atoms with Crippen molar-refractivity contribution in [3.8, 4) is 0 Å². The number of hydrogen-bond acceptors (Lipinski definition) is 6. The lowest BCUT2D eigenvalue weighted by Crippen LogP contribution is -2.37. The largest absolute Gasteiger partial charge is 0.378 e. The van der Waals surface area contributed by atoms with Gasteiger partial charge in [0.1, 0.15) is 5.82 Å². The van der Waals surface area contributed by atoms with E-state index in [2.05, 4.69) is 20.3 Å². The molecule has 1 aliphatic heterocycles. The molecule has 0 atom stereocenters. The predicted octanol–water partition coefficient (Wildman–Crippen LogP) is 0.216. The minimum Gasteiger partial charge on any atom is -0.378 e. The van der Waals surface area contributed by atoms with E-state index in [-0.39, 0.29) is 0 Å². The molecule has 2 rings (SSSR count). The lowest BCUT2D eigenvalue weighted by molar-refractivity contribution is 0.122. The first-order valence-electron chi connectivity index (χ1n) is 5.37. The Balaban J connectivity index is 2.29. The molecule has 0 amide bonds. The van der Waals surface area contributed by atoms with E-state index in [1.807, 2.05) is 13.8 Å². The van der Waals surface area contributed by atoms with Crippen LogP contribution in [-0.2, 0) is 4.74 Å². The van der Waals surface area contributed by atoms with Crippen LogP contribution in [0, 0.1) is 13.8 Å². The zero-order valence-electron chi connectivity index (χ0n) is 9.66.